The zero-order valence-corrected chi connectivity index (χ0v) is 12.4. The van der Waals surface area contributed by atoms with E-state index in [-0.39, 0.29) is 0 Å². The van der Waals surface area contributed by atoms with Crippen molar-refractivity contribution in [2.75, 3.05) is 0 Å². The summed E-state index contributed by atoms with van der Waals surface area (Å²) in [5.74, 6) is 0. The number of benzene rings is 1. The largest absolute Gasteiger partial charge is 0.0839 e. The topological polar surface area (TPSA) is 0 Å². The van der Waals surface area contributed by atoms with Gasteiger partial charge in [-0.15, -0.1) is 0 Å². The second-order valence-electron chi connectivity index (χ2n) is 5.20. The van der Waals surface area contributed by atoms with E-state index in [1.54, 1.807) is 11.1 Å². The molecule has 0 nitrogen and oxygen atoms in total. The number of hydrogen-bond acceptors (Lipinski definition) is 0. The summed E-state index contributed by atoms with van der Waals surface area (Å²) in [6.07, 6.45) is 10.6. The molecule has 1 heteroatoms. The van der Waals surface area contributed by atoms with Crippen molar-refractivity contribution in [2.45, 2.75) is 63.1 Å². The highest BCUT2D eigenvalue weighted by molar-refractivity contribution is 9.09. The molecule has 1 aromatic rings. The van der Waals surface area contributed by atoms with Crippen LogP contribution in [0.25, 0.3) is 0 Å². The maximum atomic E-state index is 3.85. The molecule has 1 aliphatic carbocycles. The maximum absolute atomic E-state index is 3.85. The summed E-state index contributed by atoms with van der Waals surface area (Å²) in [6, 6.07) is 7.10. The lowest BCUT2D eigenvalue weighted by Crippen LogP contribution is -1.93. The van der Waals surface area contributed by atoms with Crippen molar-refractivity contribution in [1.82, 2.24) is 0 Å². The van der Waals surface area contributed by atoms with E-state index >= 15 is 0 Å². The highest BCUT2D eigenvalue weighted by Crippen LogP contribution is 2.32. The quantitative estimate of drug-likeness (QED) is 0.474. The Morgan fingerprint density at radius 1 is 1.12 bits per heavy atom. The predicted molar refractivity (Wildman–Crippen MR) is 78.9 cm³/mol. The molecule has 0 amide bonds. The summed E-state index contributed by atoms with van der Waals surface area (Å²) in [5, 5.41) is 0. The molecule has 0 radical (unpaired) electrons. The van der Waals surface area contributed by atoms with Gasteiger partial charge in [0.25, 0.3) is 0 Å². The van der Waals surface area contributed by atoms with Crippen molar-refractivity contribution in [1.29, 1.82) is 0 Å². The number of halogens is 1. The molecule has 1 atom stereocenters. The third-order valence-corrected chi connectivity index (χ3v) is 4.78. The average molecular weight is 295 g/mol. The smallest absolute Gasteiger partial charge is 0.0395 e. The van der Waals surface area contributed by atoms with E-state index in [1.807, 2.05) is 0 Å². The molecule has 2 rings (SSSR count). The number of aryl methyl sites for hydroxylation is 2. The van der Waals surface area contributed by atoms with Crippen LogP contribution in [0.5, 0.6) is 0 Å². The van der Waals surface area contributed by atoms with Gasteiger partial charge in [0.2, 0.25) is 0 Å². The molecule has 0 N–H and O–H groups in total. The van der Waals surface area contributed by atoms with E-state index in [9.17, 15) is 0 Å². The van der Waals surface area contributed by atoms with E-state index < -0.39 is 0 Å². The molecule has 0 saturated heterocycles. The predicted octanol–water partition coefficient (Wildman–Crippen LogP) is 5.58. The van der Waals surface area contributed by atoms with E-state index in [4.69, 9.17) is 0 Å². The fourth-order valence-corrected chi connectivity index (χ4v) is 3.31. The standard InChI is InChI=1S/C16H23Br/c1-2-3-4-5-9-16(17)15-11-10-13-7-6-8-14(13)12-15/h10-12,16H,2-9H2,1H3. The fraction of sp³-hybridized carbons (Fsp3) is 0.625. The second-order valence-corrected chi connectivity index (χ2v) is 6.30. The minimum atomic E-state index is 0.560. The van der Waals surface area contributed by atoms with Crippen LogP contribution in [0.1, 0.15) is 67.0 Å². The summed E-state index contributed by atoms with van der Waals surface area (Å²) >= 11 is 3.85. The van der Waals surface area contributed by atoms with Gasteiger partial charge in [0.05, 0.1) is 0 Å². The Morgan fingerprint density at radius 2 is 1.94 bits per heavy atom. The monoisotopic (exact) mass is 294 g/mol. The van der Waals surface area contributed by atoms with E-state index in [1.165, 1.54) is 56.9 Å². The van der Waals surface area contributed by atoms with Gasteiger partial charge in [-0.3, -0.25) is 0 Å². The van der Waals surface area contributed by atoms with E-state index in [2.05, 4.69) is 41.1 Å². The number of rotatable bonds is 6. The number of fused-ring (bicyclic) bond motifs is 1. The van der Waals surface area contributed by atoms with Gasteiger partial charge in [0.15, 0.2) is 0 Å². The van der Waals surface area contributed by atoms with Crippen LogP contribution in [0.4, 0.5) is 0 Å². The van der Waals surface area contributed by atoms with Crippen LogP contribution >= 0.6 is 15.9 Å². The molecule has 0 saturated carbocycles. The van der Waals surface area contributed by atoms with Gasteiger partial charge in [0.1, 0.15) is 0 Å². The summed E-state index contributed by atoms with van der Waals surface area (Å²) < 4.78 is 0. The van der Waals surface area contributed by atoms with Gasteiger partial charge in [-0.1, -0.05) is 66.7 Å². The molecular formula is C16H23Br. The molecular weight excluding hydrogens is 272 g/mol. The highest BCUT2D eigenvalue weighted by Gasteiger charge is 2.13. The molecule has 1 unspecified atom stereocenters. The van der Waals surface area contributed by atoms with Crippen LogP contribution in [0.15, 0.2) is 18.2 Å². The first-order chi connectivity index (χ1) is 8.31. The van der Waals surface area contributed by atoms with Crippen LogP contribution in [-0.2, 0) is 12.8 Å². The molecule has 0 aromatic heterocycles. The number of unbranched alkanes of at least 4 members (excludes halogenated alkanes) is 3. The molecule has 0 heterocycles. The fourth-order valence-electron chi connectivity index (χ4n) is 2.70. The summed E-state index contributed by atoms with van der Waals surface area (Å²) in [4.78, 5) is 0.560. The molecule has 17 heavy (non-hydrogen) atoms. The van der Waals surface area contributed by atoms with Crippen molar-refractivity contribution in [3.63, 3.8) is 0 Å². The SMILES string of the molecule is CCCCCCC(Br)c1ccc2c(c1)CCC2. The Balaban J connectivity index is 1.88. The lowest BCUT2D eigenvalue weighted by atomic mass is 10.0. The average Bonchev–Trinajstić information content (AvgIpc) is 2.81. The molecule has 0 spiro atoms. The Kier molecular flexibility index (Phi) is 5.09. The Hall–Kier alpha value is -0.300. The van der Waals surface area contributed by atoms with Gasteiger partial charge in [-0.05, 0) is 42.4 Å². The zero-order valence-electron chi connectivity index (χ0n) is 10.8. The van der Waals surface area contributed by atoms with Crippen molar-refractivity contribution in [2.24, 2.45) is 0 Å². The minimum Gasteiger partial charge on any atom is -0.0839 e. The van der Waals surface area contributed by atoms with E-state index in [0.717, 1.165) is 0 Å². The molecule has 94 valence electrons. The Bertz CT molecular complexity index is 357. The molecule has 1 aliphatic rings. The molecule has 0 fully saturated rings. The van der Waals surface area contributed by atoms with Crippen LogP contribution in [0.3, 0.4) is 0 Å². The zero-order chi connectivity index (χ0) is 12.1. The molecule has 0 bridgehead atoms. The lowest BCUT2D eigenvalue weighted by molar-refractivity contribution is 0.630. The van der Waals surface area contributed by atoms with Crippen LogP contribution in [0.2, 0.25) is 0 Å². The normalized spacial score (nSPS) is 15.9. The Labute approximate surface area is 114 Å². The Morgan fingerprint density at radius 3 is 2.76 bits per heavy atom. The van der Waals surface area contributed by atoms with Crippen molar-refractivity contribution in [3.8, 4) is 0 Å². The maximum Gasteiger partial charge on any atom is 0.0395 e. The van der Waals surface area contributed by atoms with Gasteiger partial charge in [0, 0.05) is 4.83 Å². The number of alkyl halides is 1. The molecule has 1 aromatic carbocycles. The highest BCUT2D eigenvalue weighted by atomic mass is 79.9. The minimum absolute atomic E-state index is 0.560. The van der Waals surface area contributed by atoms with Gasteiger partial charge < -0.3 is 0 Å². The van der Waals surface area contributed by atoms with Crippen LogP contribution in [-0.4, -0.2) is 0 Å². The second kappa shape index (κ2) is 6.58. The van der Waals surface area contributed by atoms with Crippen molar-refractivity contribution < 1.29 is 0 Å². The van der Waals surface area contributed by atoms with Gasteiger partial charge in [-0.25, -0.2) is 0 Å². The van der Waals surface area contributed by atoms with Gasteiger partial charge in [-0.2, -0.15) is 0 Å². The summed E-state index contributed by atoms with van der Waals surface area (Å²) in [6.45, 7) is 2.27. The summed E-state index contributed by atoms with van der Waals surface area (Å²) in [5.41, 5.74) is 4.67. The third kappa shape index (κ3) is 3.58. The number of hydrogen-bond donors (Lipinski definition) is 0. The van der Waals surface area contributed by atoms with Crippen LogP contribution in [0, 0.1) is 0 Å². The van der Waals surface area contributed by atoms with Crippen LogP contribution < -0.4 is 0 Å². The first kappa shape index (κ1) is 13.1. The lowest BCUT2D eigenvalue weighted by Gasteiger charge is -2.11. The van der Waals surface area contributed by atoms with Crippen molar-refractivity contribution in [3.05, 3.63) is 34.9 Å². The molecule has 0 aliphatic heterocycles. The van der Waals surface area contributed by atoms with Gasteiger partial charge >= 0.3 is 0 Å². The van der Waals surface area contributed by atoms with Crippen molar-refractivity contribution >= 4 is 15.9 Å². The third-order valence-electron chi connectivity index (χ3n) is 3.80. The first-order valence-electron chi connectivity index (χ1n) is 7.07. The first-order valence-corrected chi connectivity index (χ1v) is 7.98. The van der Waals surface area contributed by atoms with E-state index in [0.29, 0.717) is 4.83 Å². The summed E-state index contributed by atoms with van der Waals surface area (Å²) in [7, 11) is 0.